The maximum atomic E-state index is 11.7. The largest absolute Gasteiger partial charge is 0.465 e. The van der Waals surface area contributed by atoms with E-state index in [-0.39, 0.29) is 11.2 Å². The molecule has 2 N–H and O–H groups in total. The number of ether oxygens (including phenoxy) is 1. The van der Waals surface area contributed by atoms with Crippen LogP contribution in [0.1, 0.15) is 26.7 Å². The fourth-order valence-electron chi connectivity index (χ4n) is 1.33. The Labute approximate surface area is 106 Å². The number of nitrogens with two attached hydrogens (primary N) is 1. The quantitative estimate of drug-likeness (QED) is 0.624. The fraction of sp³-hybridized carbons (Fsp3) is 0.500. The minimum absolute atomic E-state index is 0.169. The molecule has 0 amide bonds. The first kappa shape index (κ1) is 13.8. The van der Waals surface area contributed by atoms with Crippen molar-refractivity contribution in [2.24, 2.45) is 0 Å². The number of nitrogens with zero attached hydrogens (tertiary/aromatic N) is 1. The highest BCUT2D eigenvalue weighted by Crippen LogP contribution is 2.26. The molecule has 1 atom stereocenters. The molecule has 1 aromatic heterocycles. The van der Waals surface area contributed by atoms with Crippen LogP contribution in [0.5, 0.6) is 0 Å². The Kier molecular flexibility index (Phi) is 5.83. The Morgan fingerprint density at radius 2 is 2.29 bits per heavy atom. The summed E-state index contributed by atoms with van der Waals surface area (Å²) >= 11 is 1.43. The summed E-state index contributed by atoms with van der Waals surface area (Å²) in [5, 5.41) is 0.613. The van der Waals surface area contributed by atoms with E-state index in [1.54, 1.807) is 12.3 Å². The van der Waals surface area contributed by atoms with Crippen LogP contribution < -0.4 is 5.73 Å². The summed E-state index contributed by atoms with van der Waals surface area (Å²) in [5.74, 6) is -0.169. The monoisotopic (exact) mass is 254 g/mol. The lowest BCUT2D eigenvalue weighted by Gasteiger charge is -2.13. The maximum absolute atomic E-state index is 11.7. The van der Waals surface area contributed by atoms with Gasteiger partial charge in [-0.25, -0.2) is 4.98 Å². The van der Waals surface area contributed by atoms with Crippen LogP contribution in [0.3, 0.4) is 0 Å². The molecular weight excluding hydrogens is 236 g/mol. The molecule has 1 aromatic rings. The number of carbonyl (C=O) groups is 1. The highest BCUT2D eigenvalue weighted by Gasteiger charge is 2.20. The number of nitrogen functional groups attached to an aromatic ring is 1. The number of pyridine rings is 1. The molecule has 0 bridgehead atoms. The van der Waals surface area contributed by atoms with Crippen LogP contribution in [-0.2, 0) is 9.53 Å². The van der Waals surface area contributed by atoms with Gasteiger partial charge in [0.15, 0.2) is 0 Å². The summed E-state index contributed by atoms with van der Waals surface area (Å²) in [6.07, 6.45) is 3.32. The molecule has 4 nitrogen and oxygen atoms in total. The molecule has 1 unspecified atom stereocenters. The third kappa shape index (κ3) is 4.65. The van der Waals surface area contributed by atoms with Crippen molar-refractivity contribution in [2.45, 2.75) is 37.0 Å². The van der Waals surface area contributed by atoms with E-state index >= 15 is 0 Å². The number of carbonyl (C=O) groups excluding carboxylic acids is 1. The minimum atomic E-state index is -0.184. The Hall–Kier alpha value is -1.23. The van der Waals surface area contributed by atoms with E-state index in [1.165, 1.54) is 11.8 Å². The number of aromatic nitrogens is 1. The van der Waals surface area contributed by atoms with E-state index in [0.717, 1.165) is 17.9 Å². The summed E-state index contributed by atoms with van der Waals surface area (Å²) in [5.41, 5.74) is 6.18. The normalized spacial score (nSPS) is 12.1. The van der Waals surface area contributed by atoms with Gasteiger partial charge in [-0.3, -0.25) is 4.79 Å². The second kappa shape index (κ2) is 7.17. The molecule has 0 aromatic carbocycles. The van der Waals surface area contributed by atoms with Gasteiger partial charge in [-0.05, 0) is 25.5 Å². The van der Waals surface area contributed by atoms with Gasteiger partial charge >= 0.3 is 5.97 Å². The molecule has 0 radical (unpaired) electrons. The number of hydrogen-bond acceptors (Lipinski definition) is 5. The predicted octanol–water partition coefficient (Wildman–Crippen LogP) is 2.49. The van der Waals surface area contributed by atoms with Gasteiger partial charge in [0.05, 0.1) is 23.5 Å². The Balaban J connectivity index is 2.65. The van der Waals surface area contributed by atoms with Gasteiger partial charge in [0.25, 0.3) is 0 Å². The molecule has 17 heavy (non-hydrogen) atoms. The predicted molar refractivity (Wildman–Crippen MR) is 69.8 cm³/mol. The number of esters is 1. The van der Waals surface area contributed by atoms with Gasteiger partial charge in [0.2, 0.25) is 0 Å². The standard InChI is InChI=1S/C12H18N2O2S/c1-3-5-10(12(15)16-4-2)17-11-7-6-9(13)8-14-11/h6-8,10H,3-5,13H2,1-2H3. The maximum Gasteiger partial charge on any atom is 0.319 e. The van der Waals surface area contributed by atoms with Crippen molar-refractivity contribution in [3.63, 3.8) is 0 Å². The van der Waals surface area contributed by atoms with Crippen LogP contribution in [0, 0.1) is 0 Å². The summed E-state index contributed by atoms with van der Waals surface area (Å²) in [6.45, 7) is 4.27. The van der Waals surface area contributed by atoms with Crippen LogP contribution >= 0.6 is 11.8 Å². The molecule has 1 heterocycles. The number of anilines is 1. The Morgan fingerprint density at radius 1 is 1.53 bits per heavy atom. The van der Waals surface area contributed by atoms with E-state index in [9.17, 15) is 4.79 Å². The molecule has 0 spiro atoms. The van der Waals surface area contributed by atoms with Gasteiger partial charge in [0, 0.05) is 0 Å². The van der Waals surface area contributed by atoms with Gasteiger partial charge in [-0.1, -0.05) is 25.1 Å². The number of hydrogen-bond donors (Lipinski definition) is 1. The van der Waals surface area contributed by atoms with Crippen molar-refractivity contribution in [3.05, 3.63) is 18.3 Å². The summed E-state index contributed by atoms with van der Waals surface area (Å²) < 4.78 is 5.04. The number of rotatable bonds is 6. The van der Waals surface area contributed by atoms with E-state index in [2.05, 4.69) is 4.98 Å². The molecule has 1 rings (SSSR count). The zero-order valence-electron chi connectivity index (χ0n) is 10.2. The molecule has 0 aliphatic carbocycles. The topological polar surface area (TPSA) is 65.2 Å². The zero-order valence-corrected chi connectivity index (χ0v) is 11.0. The molecular formula is C12H18N2O2S. The van der Waals surface area contributed by atoms with Gasteiger partial charge in [0.1, 0.15) is 5.25 Å². The zero-order chi connectivity index (χ0) is 12.7. The highest BCUT2D eigenvalue weighted by atomic mass is 32.2. The molecule has 0 saturated carbocycles. The molecule has 0 aliphatic heterocycles. The lowest BCUT2D eigenvalue weighted by molar-refractivity contribution is -0.142. The van der Waals surface area contributed by atoms with Crippen LogP contribution in [0.4, 0.5) is 5.69 Å². The highest BCUT2D eigenvalue weighted by molar-refractivity contribution is 8.00. The van der Waals surface area contributed by atoms with Crippen LogP contribution in [0.25, 0.3) is 0 Å². The van der Waals surface area contributed by atoms with Crippen molar-refractivity contribution in [1.29, 1.82) is 0 Å². The van der Waals surface area contributed by atoms with E-state index in [4.69, 9.17) is 10.5 Å². The van der Waals surface area contributed by atoms with Crippen molar-refractivity contribution >= 4 is 23.4 Å². The third-order valence-electron chi connectivity index (χ3n) is 2.12. The lowest BCUT2D eigenvalue weighted by Crippen LogP contribution is -2.20. The van der Waals surface area contributed by atoms with Crippen molar-refractivity contribution in [3.8, 4) is 0 Å². The van der Waals surface area contributed by atoms with Gasteiger partial charge in [-0.15, -0.1) is 0 Å². The van der Waals surface area contributed by atoms with Gasteiger partial charge in [-0.2, -0.15) is 0 Å². The van der Waals surface area contributed by atoms with Gasteiger partial charge < -0.3 is 10.5 Å². The first-order valence-electron chi connectivity index (χ1n) is 5.72. The minimum Gasteiger partial charge on any atom is -0.465 e. The Morgan fingerprint density at radius 3 is 2.82 bits per heavy atom. The Bertz CT molecular complexity index is 354. The molecule has 0 aliphatic rings. The SMILES string of the molecule is CCCC(Sc1ccc(N)cn1)C(=O)OCC. The van der Waals surface area contributed by atoms with Crippen LogP contribution in [0.2, 0.25) is 0 Å². The summed E-state index contributed by atoms with van der Waals surface area (Å²) in [7, 11) is 0. The van der Waals surface area contributed by atoms with E-state index < -0.39 is 0 Å². The smallest absolute Gasteiger partial charge is 0.319 e. The van der Waals surface area contributed by atoms with E-state index in [1.807, 2.05) is 19.9 Å². The fourth-order valence-corrected chi connectivity index (χ4v) is 2.40. The molecule has 5 heteroatoms. The second-order valence-electron chi connectivity index (χ2n) is 3.58. The van der Waals surface area contributed by atoms with E-state index in [0.29, 0.717) is 12.3 Å². The average Bonchev–Trinajstić information content (AvgIpc) is 2.31. The molecule has 94 valence electrons. The number of thioether (sulfide) groups is 1. The van der Waals surface area contributed by atoms with Crippen molar-refractivity contribution in [2.75, 3.05) is 12.3 Å². The van der Waals surface area contributed by atoms with Crippen LogP contribution in [0.15, 0.2) is 23.4 Å². The summed E-state index contributed by atoms with van der Waals surface area (Å²) in [4.78, 5) is 15.9. The summed E-state index contributed by atoms with van der Waals surface area (Å²) in [6, 6.07) is 3.60. The van der Waals surface area contributed by atoms with Crippen molar-refractivity contribution < 1.29 is 9.53 Å². The third-order valence-corrected chi connectivity index (χ3v) is 3.32. The molecule has 0 fully saturated rings. The second-order valence-corrected chi connectivity index (χ2v) is 4.80. The average molecular weight is 254 g/mol. The van der Waals surface area contributed by atoms with Crippen LogP contribution in [-0.4, -0.2) is 22.8 Å². The first-order valence-corrected chi connectivity index (χ1v) is 6.60. The van der Waals surface area contributed by atoms with Crippen molar-refractivity contribution in [1.82, 2.24) is 4.98 Å². The first-order chi connectivity index (χ1) is 8.17. The lowest BCUT2D eigenvalue weighted by atomic mass is 10.2. The molecule has 0 saturated heterocycles.